The molecular weight excluding hydrogens is 420 g/mol. The van der Waals surface area contributed by atoms with Crippen molar-refractivity contribution in [3.05, 3.63) is 12.2 Å². The molecule has 0 aliphatic rings. The minimum absolute atomic E-state index is 1.32. The standard InChI is InChI=1S/C35H70/c1-3-5-7-9-11-13-15-17-19-21-23-25-27-29-31-33-35-34-32-30-28-26-24-22-20-18-16-14-12-10-8-6-4-2/h25,27H,3-24,26,28-35H2,1-2H3. The van der Waals surface area contributed by atoms with Crippen molar-refractivity contribution in [2.45, 2.75) is 213 Å². The van der Waals surface area contributed by atoms with Crippen molar-refractivity contribution < 1.29 is 0 Å². The maximum atomic E-state index is 2.46. The summed E-state index contributed by atoms with van der Waals surface area (Å²) in [7, 11) is 0. The first kappa shape index (κ1) is 34.7. The van der Waals surface area contributed by atoms with Crippen LogP contribution in [0.15, 0.2) is 12.2 Å². The molecule has 0 radical (unpaired) electrons. The van der Waals surface area contributed by atoms with E-state index in [1.807, 2.05) is 0 Å². The highest BCUT2D eigenvalue weighted by Gasteiger charge is 1.95. The van der Waals surface area contributed by atoms with Crippen molar-refractivity contribution in [2.24, 2.45) is 0 Å². The largest absolute Gasteiger partial charge is 0.0885 e. The molecule has 0 aliphatic heterocycles. The number of unbranched alkanes of at least 4 members (excludes halogenated alkanes) is 29. The molecule has 0 amide bonds. The summed E-state index contributed by atoms with van der Waals surface area (Å²) in [5.74, 6) is 0. The monoisotopic (exact) mass is 491 g/mol. The number of hydrogen-bond acceptors (Lipinski definition) is 0. The Labute approximate surface area is 224 Å². The van der Waals surface area contributed by atoms with E-state index in [9.17, 15) is 0 Å². The predicted molar refractivity (Wildman–Crippen MR) is 164 cm³/mol. The minimum Gasteiger partial charge on any atom is -0.0885 e. The van der Waals surface area contributed by atoms with E-state index in [1.54, 1.807) is 0 Å². The van der Waals surface area contributed by atoms with Gasteiger partial charge in [-0.05, 0) is 25.7 Å². The molecule has 0 N–H and O–H groups in total. The van der Waals surface area contributed by atoms with Gasteiger partial charge in [-0.2, -0.15) is 0 Å². The first-order chi connectivity index (χ1) is 17.4. The van der Waals surface area contributed by atoms with Crippen LogP contribution in [0, 0.1) is 0 Å². The lowest BCUT2D eigenvalue weighted by Gasteiger charge is -2.04. The van der Waals surface area contributed by atoms with Crippen LogP contribution in [0.5, 0.6) is 0 Å². The van der Waals surface area contributed by atoms with Gasteiger partial charge >= 0.3 is 0 Å². The van der Waals surface area contributed by atoms with Crippen molar-refractivity contribution in [1.29, 1.82) is 0 Å². The average molecular weight is 491 g/mol. The summed E-state index contributed by atoms with van der Waals surface area (Å²) in [6.07, 6.45) is 49.9. The summed E-state index contributed by atoms with van der Waals surface area (Å²) in [6.45, 7) is 4.61. The fraction of sp³-hybridized carbons (Fsp3) is 0.943. The second-order valence-electron chi connectivity index (χ2n) is 11.6. The van der Waals surface area contributed by atoms with Crippen molar-refractivity contribution >= 4 is 0 Å². The summed E-state index contributed by atoms with van der Waals surface area (Å²) >= 11 is 0. The van der Waals surface area contributed by atoms with E-state index in [2.05, 4.69) is 26.0 Å². The number of rotatable bonds is 31. The Balaban J connectivity index is 3.06. The highest BCUT2D eigenvalue weighted by Crippen LogP contribution is 2.15. The predicted octanol–water partition coefficient (Wildman–Crippen LogP) is 13.7. The second kappa shape index (κ2) is 33.7. The van der Waals surface area contributed by atoms with Crippen molar-refractivity contribution in [3.8, 4) is 0 Å². The van der Waals surface area contributed by atoms with Crippen LogP contribution >= 0.6 is 0 Å². The number of allylic oxidation sites excluding steroid dienone is 2. The van der Waals surface area contributed by atoms with Crippen LogP contribution < -0.4 is 0 Å². The quantitative estimate of drug-likeness (QED) is 0.0669. The molecule has 0 nitrogen and oxygen atoms in total. The Hall–Kier alpha value is -0.260. The summed E-state index contributed by atoms with van der Waals surface area (Å²) in [4.78, 5) is 0. The lowest BCUT2D eigenvalue weighted by atomic mass is 10.0. The van der Waals surface area contributed by atoms with Gasteiger partial charge in [-0.15, -0.1) is 0 Å². The van der Waals surface area contributed by atoms with E-state index in [-0.39, 0.29) is 0 Å². The summed E-state index contributed by atoms with van der Waals surface area (Å²) < 4.78 is 0. The van der Waals surface area contributed by atoms with Crippen LogP contribution in [0.4, 0.5) is 0 Å². The molecule has 0 atom stereocenters. The molecule has 0 bridgehead atoms. The molecule has 0 unspecified atom stereocenters. The lowest BCUT2D eigenvalue weighted by molar-refractivity contribution is 0.523. The third kappa shape index (κ3) is 33.7. The molecule has 0 fully saturated rings. The summed E-state index contributed by atoms with van der Waals surface area (Å²) in [5, 5.41) is 0. The Morgan fingerprint density at radius 1 is 0.229 bits per heavy atom. The zero-order chi connectivity index (χ0) is 25.3. The van der Waals surface area contributed by atoms with E-state index < -0.39 is 0 Å². The highest BCUT2D eigenvalue weighted by molar-refractivity contribution is 4.81. The van der Waals surface area contributed by atoms with E-state index in [0.29, 0.717) is 0 Å². The average Bonchev–Trinajstić information content (AvgIpc) is 2.87. The fourth-order valence-electron chi connectivity index (χ4n) is 5.33. The molecule has 0 saturated carbocycles. The van der Waals surface area contributed by atoms with Gasteiger partial charge in [0, 0.05) is 0 Å². The highest BCUT2D eigenvalue weighted by atomic mass is 14.0. The molecule has 0 heteroatoms. The molecule has 210 valence electrons. The van der Waals surface area contributed by atoms with Crippen LogP contribution in [-0.2, 0) is 0 Å². The van der Waals surface area contributed by atoms with Crippen molar-refractivity contribution in [3.63, 3.8) is 0 Å². The van der Waals surface area contributed by atoms with Gasteiger partial charge < -0.3 is 0 Å². The molecule has 0 aromatic heterocycles. The Morgan fingerprint density at radius 2 is 0.400 bits per heavy atom. The molecular formula is C35H70. The maximum Gasteiger partial charge on any atom is -0.0351 e. The zero-order valence-electron chi connectivity index (χ0n) is 25.1. The van der Waals surface area contributed by atoms with E-state index in [0.717, 1.165) is 0 Å². The lowest BCUT2D eigenvalue weighted by Crippen LogP contribution is -1.84. The topological polar surface area (TPSA) is 0 Å². The smallest absolute Gasteiger partial charge is 0.0351 e. The van der Waals surface area contributed by atoms with Gasteiger partial charge in [-0.25, -0.2) is 0 Å². The number of hydrogen-bond donors (Lipinski definition) is 0. The van der Waals surface area contributed by atoms with Gasteiger partial charge in [-0.1, -0.05) is 199 Å². The van der Waals surface area contributed by atoms with Gasteiger partial charge in [0.25, 0.3) is 0 Å². The molecule has 0 spiro atoms. The van der Waals surface area contributed by atoms with Gasteiger partial charge in [0.15, 0.2) is 0 Å². The van der Waals surface area contributed by atoms with Crippen LogP contribution in [-0.4, -0.2) is 0 Å². The Kier molecular flexibility index (Phi) is 33.5. The van der Waals surface area contributed by atoms with Crippen LogP contribution in [0.3, 0.4) is 0 Å². The first-order valence-electron chi connectivity index (χ1n) is 17.1. The van der Waals surface area contributed by atoms with Crippen molar-refractivity contribution in [1.82, 2.24) is 0 Å². The SMILES string of the molecule is CCCCCCCCCCCCC=CCCCCCCCCCCCCCCCCCCCCC. The van der Waals surface area contributed by atoms with Crippen LogP contribution in [0.2, 0.25) is 0 Å². The maximum absolute atomic E-state index is 2.46. The second-order valence-corrected chi connectivity index (χ2v) is 11.6. The van der Waals surface area contributed by atoms with E-state index >= 15 is 0 Å². The third-order valence-electron chi connectivity index (χ3n) is 7.87. The molecule has 0 aromatic carbocycles. The molecule has 0 aliphatic carbocycles. The zero-order valence-corrected chi connectivity index (χ0v) is 25.1. The third-order valence-corrected chi connectivity index (χ3v) is 7.87. The molecule has 0 heterocycles. The molecule has 0 aromatic rings. The van der Waals surface area contributed by atoms with Crippen molar-refractivity contribution in [2.75, 3.05) is 0 Å². The normalized spacial score (nSPS) is 11.7. The van der Waals surface area contributed by atoms with Gasteiger partial charge in [0.1, 0.15) is 0 Å². The summed E-state index contributed by atoms with van der Waals surface area (Å²) in [6, 6.07) is 0. The molecule has 0 saturated heterocycles. The van der Waals surface area contributed by atoms with Gasteiger partial charge in [-0.3, -0.25) is 0 Å². The Morgan fingerprint density at radius 3 is 0.600 bits per heavy atom. The van der Waals surface area contributed by atoms with Gasteiger partial charge in [0.05, 0.1) is 0 Å². The van der Waals surface area contributed by atoms with Crippen LogP contribution in [0.25, 0.3) is 0 Å². The summed E-state index contributed by atoms with van der Waals surface area (Å²) in [5.41, 5.74) is 0. The fourth-order valence-corrected chi connectivity index (χ4v) is 5.33. The van der Waals surface area contributed by atoms with Crippen LogP contribution in [0.1, 0.15) is 213 Å². The first-order valence-corrected chi connectivity index (χ1v) is 17.1. The van der Waals surface area contributed by atoms with E-state index in [1.165, 1.54) is 199 Å². The molecule has 35 heavy (non-hydrogen) atoms. The molecule has 0 rings (SSSR count). The Bertz CT molecular complexity index is 368. The minimum atomic E-state index is 1.32. The van der Waals surface area contributed by atoms with E-state index in [4.69, 9.17) is 0 Å². The van der Waals surface area contributed by atoms with Gasteiger partial charge in [0.2, 0.25) is 0 Å².